The van der Waals surface area contributed by atoms with Crippen molar-refractivity contribution in [3.05, 3.63) is 65.7 Å². The largest absolute Gasteiger partial charge is 0.463 e. The van der Waals surface area contributed by atoms with Gasteiger partial charge in [0.05, 0.1) is 6.61 Å². The number of unbranched alkanes of at least 4 members (excludes halogenated alkanes) is 12. The Kier molecular flexibility index (Phi) is 17.1. The number of nitrogens with one attached hydrogen (secondary N) is 1. The molecule has 0 aliphatic carbocycles. The third kappa shape index (κ3) is 14.5. The summed E-state index contributed by atoms with van der Waals surface area (Å²) in [7, 11) is 0. The SMILES string of the molecule is CCCCCCCCCCCCCCCC(=O)Nc1ccc(C(=NOCC(=O)OCC)c2ccccc2)cc1. The van der Waals surface area contributed by atoms with Crippen molar-refractivity contribution in [1.29, 1.82) is 0 Å². The average molecular weight is 537 g/mol. The summed E-state index contributed by atoms with van der Waals surface area (Å²) in [6, 6.07) is 17.1. The molecule has 2 rings (SSSR count). The van der Waals surface area contributed by atoms with Crippen LogP contribution in [0.4, 0.5) is 5.69 Å². The summed E-state index contributed by atoms with van der Waals surface area (Å²) < 4.78 is 4.89. The van der Waals surface area contributed by atoms with E-state index in [2.05, 4.69) is 17.4 Å². The summed E-state index contributed by atoms with van der Waals surface area (Å²) >= 11 is 0. The Bertz CT molecular complexity index is 957. The lowest BCUT2D eigenvalue weighted by molar-refractivity contribution is -0.148. The van der Waals surface area contributed by atoms with Gasteiger partial charge in [0, 0.05) is 23.2 Å². The van der Waals surface area contributed by atoms with Gasteiger partial charge in [-0.1, -0.05) is 132 Å². The highest BCUT2D eigenvalue weighted by Crippen LogP contribution is 2.17. The van der Waals surface area contributed by atoms with Crippen LogP contribution < -0.4 is 5.32 Å². The van der Waals surface area contributed by atoms with Gasteiger partial charge in [0.2, 0.25) is 12.5 Å². The Balaban J connectivity index is 1.69. The van der Waals surface area contributed by atoms with E-state index < -0.39 is 5.97 Å². The molecule has 214 valence electrons. The molecule has 0 saturated heterocycles. The topological polar surface area (TPSA) is 77.0 Å². The first kappa shape index (κ1) is 32.1. The number of ether oxygens (including phenoxy) is 1. The summed E-state index contributed by atoms with van der Waals surface area (Å²) in [5.41, 5.74) is 3.03. The Labute approximate surface area is 235 Å². The van der Waals surface area contributed by atoms with E-state index in [0.717, 1.165) is 29.7 Å². The average Bonchev–Trinajstić information content (AvgIpc) is 2.95. The number of benzene rings is 2. The minimum atomic E-state index is -0.463. The van der Waals surface area contributed by atoms with Gasteiger partial charge < -0.3 is 14.9 Å². The minimum Gasteiger partial charge on any atom is -0.463 e. The molecule has 0 saturated carbocycles. The molecule has 0 spiro atoms. The van der Waals surface area contributed by atoms with E-state index in [0.29, 0.717) is 18.7 Å². The molecule has 1 amide bonds. The summed E-state index contributed by atoms with van der Waals surface area (Å²) in [6.07, 6.45) is 17.3. The van der Waals surface area contributed by atoms with Crippen LogP contribution >= 0.6 is 0 Å². The fourth-order valence-electron chi connectivity index (χ4n) is 4.46. The van der Waals surface area contributed by atoms with Gasteiger partial charge in [0.25, 0.3) is 0 Å². The van der Waals surface area contributed by atoms with Crippen LogP contribution in [0.5, 0.6) is 0 Å². The number of amides is 1. The monoisotopic (exact) mass is 536 g/mol. The van der Waals surface area contributed by atoms with Crippen LogP contribution in [-0.4, -0.2) is 30.8 Å². The number of oxime groups is 1. The maximum atomic E-state index is 12.4. The molecule has 0 aromatic heterocycles. The lowest BCUT2D eigenvalue weighted by Gasteiger charge is -2.10. The third-order valence-electron chi connectivity index (χ3n) is 6.64. The smallest absolute Gasteiger partial charge is 0.347 e. The second kappa shape index (κ2) is 20.8. The van der Waals surface area contributed by atoms with Gasteiger partial charge in [-0.05, 0) is 25.5 Å². The van der Waals surface area contributed by atoms with Crippen LogP contribution in [0.1, 0.15) is 115 Å². The quantitative estimate of drug-likeness (QED) is 0.0751. The summed E-state index contributed by atoms with van der Waals surface area (Å²) in [4.78, 5) is 29.3. The molecule has 1 N–H and O–H groups in total. The minimum absolute atomic E-state index is 0.0422. The van der Waals surface area contributed by atoms with Crippen LogP contribution in [-0.2, 0) is 19.2 Å². The molecule has 0 unspecified atom stereocenters. The van der Waals surface area contributed by atoms with Crippen LogP contribution in [0.2, 0.25) is 0 Å². The molecule has 6 heteroatoms. The van der Waals surface area contributed by atoms with Crippen molar-refractivity contribution < 1.29 is 19.2 Å². The number of nitrogens with zero attached hydrogens (tertiary/aromatic N) is 1. The predicted molar refractivity (Wildman–Crippen MR) is 160 cm³/mol. The molecule has 0 heterocycles. The van der Waals surface area contributed by atoms with Gasteiger partial charge in [-0.2, -0.15) is 0 Å². The fraction of sp³-hybridized carbons (Fsp3) is 0.545. The lowest BCUT2D eigenvalue weighted by Crippen LogP contribution is -2.13. The van der Waals surface area contributed by atoms with Crippen molar-refractivity contribution in [3.63, 3.8) is 0 Å². The van der Waals surface area contributed by atoms with E-state index in [1.165, 1.54) is 70.6 Å². The Hall–Kier alpha value is -3.15. The van der Waals surface area contributed by atoms with Crippen LogP contribution in [0.15, 0.2) is 59.8 Å². The maximum Gasteiger partial charge on any atom is 0.347 e. The van der Waals surface area contributed by atoms with E-state index in [-0.39, 0.29) is 12.5 Å². The first-order valence-electron chi connectivity index (χ1n) is 14.9. The molecule has 0 aliphatic heterocycles. The molecule has 39 heavy (non-hydrogen) atoms. The molecule has 0 fully saturated rings. The summed E-state index contributed by atoms with van der Waals surface area (Å²) in [6.45, 7) is 4.05. The highest BCUT2D eigenvalue weighted by Gasteiger charge is 2.10. The highest BCUT2D eigenvalue weighted by atomic mass is 16.7. The van der Waals surface area contributed by atoms with Crippen molar-refractivity contribution in [2.75, 3.05) is 18.5 Å². The van der Waals surface area contributed by atoms with Crippen molar-refractivity contribution in [3.8, 4) is 0 Å². The molecule has 2 aromatic carbocycles. The first-order valence-corrected chi connectivity index (χ1v) is 14.9. The van der Waals surface area contributed by atoms with E-state index in [9.17, 15) is 9.59 Å². The normalized spacial score (nSPS) is 11.3. The molecule has 2 aromatic rings. The van der Waals surface area contributed by atoms with Gasteiger partial charge >= 0.3 is 5.97 Å². The standard InChI is InChI=1S/C33H48N2O4/c1-3-5-6-7-8-9-10-11-12-13-14-15-19-22-31(36)34-30-25-23-29(24-26-30)33(28-20-17-16-18-21-28)35-39-27-32(37)38-4-2/h16-18,20-21,23-26H,3-15,19,22,27H2,1-2H3,(H,34,36). The second-order valence-electron chi connectivity index (χ2n) is 10.0. The molecule has 0 aliphatic rings. The zero-order chi connectivity index (χ0) is 28.0. The highest BCUT2D eigenvalue weighted by molar-refractivity contribution is 6.12. The van der Waals surface area contributed by atoms with Crippen molar-refractivity contribution in [1.82, 2.24) is 0 Å². The number of rotatable bonds is 21. The Morgan fingerprint density at radius 1 is 0.692 bits per heavy atom. The van der Waals surface area contributed by atoms with E-state index in [1.54, 1.807) is 6.92 Å². The number of hydrogen-bond acceptors (Lipinski definition) is 5. The maximum absolute atomic E-state index is 12.4. The van der Waals surface area contributed by atoms with Crippen molar-refractivity contribution >= 4 is 23.3 Å². The van der Waals surface area contributed by atoms with Gasteiger partial charge in [-0.15, -0.1) is 0 Å². The Morgan fingerprint density at radius 3 is 1.79 bits per heavy atom. The molecular formula is C33H48N2O4. The van der Waals surface area contributed by atoms with E-state index >= 15 is 0 Å². The van der Waals surface area contributed by atoms with Crippen molar-refractivity contribution in [2.45, 2.75) is 104 Å². The number of anilines is 1. The molecular weight excluding hydrogens is 488 g/mol. The zero-order valence-corrected chi connectivity index (χ0v) is 24.1. The van der Waals surface area contributed by atoms with Gasteiger partial charge in [-0.25, -0.2) is 4.79 Å². The van der Waals surface area contributed by atoms with E-state index in [1.807, 2.05) is 54.6 Å². The van der Waals surface area contributed by atoms with Gasteiger partial charge in [0.1, 0.15) is 5.71 Å². The number of carbonyl (C=O) groups is 2. The molecule has 6 nitrogen and oxygen atoms in total. The molecule has 0 atom stereocenters. The number of carbonyl (C=O) groups excluding carboxylic acids is 2. The molecule has 0 bridgehead atoms. The molecule has 0 radical (unpaired) electrons. The lowest BCUT2D eigenvalue weighted by atomic mass is 10.0. The van der Waals surface area contributed by atoms with Crippen LogP contribution in [0, 0.1) is 0 Å². The first-order chi connectivity index (χ1) is 19.1. The van der Waals surface area contributed by atoms with Crippen LogP contribution in [0.3, 0.4) is 0 Å². The van der Waals surface area contributed by atoms with Gasteiger partial charge in [-0.3, -0.25) is 4.79 Å². The predicted octanol–water partition coefficient (Wildman–Crippen LogP) is 8.44. The van der Waals surface area contributed by atoms with E-state index in [4.69, 9.17) is 9.57 Å². The number of hydrogen-bond donors (Lipinski definition) is 1. The fourth-order valence-corrected chi connectivity index (χ4v) is 4.46. The summed E-state index contributed by atoms with van der Waals surface area (Å²) in [5, 5.41) is 7.20. The number of esters is 1. The summed E-state index contributed by atoms with van der Waals surface area (Å²) in [5.74, 6) is -0.421. The second-order valence-corrected chi connectivity index (χ2v) is 10.0. The van der Waals surface area contributed by atoms with Crippen molar-refractivity contribution in [2.24, 2.45) is 5.16 Å². The Morgan fingerprint density at radius 2 is 1.23 bits per heavy atom. The zero-order valence-electron chi connectivity index (χ0n) is 24.1. The third-order valence-corrected chi connectivity index (χ3v) is 6.64. The van der Waals surface area contributed by atoms with Gasteiger partial charge in [0.15, 0.2) is 0 Å². The van der Waals surface area contributed by atoms with Crippen LogP contribution in [0.25, 0.3) is 0 Å².